The van der Waals surface area contributed by atoms with Crippen LogP contribution in [-0.4, -0.2) is 28.6 Å². The number of amides is 1. The number of hydrogen-bond donors (Lipinski definition) is 2. The van der Waals surface area contributed by atoms with Crippen molar-refractivity contribution >= 4 is 5.91 Å². The lowest BCUT2D eigenvalue weighted by atomic mass is 9.80. The maximum absolute atomic E-state index is 12.1. The molecule has 0 bridgehead atoms. The normalized spacial score (nSPS) is 15.7. The number of hydrogen-bond acceptors (Lipinski definition) is 3. The van der Waals surface area contributed by atoms with E-state index in [0.717, 1.165) is 0 Å². The summed E-state index contributed by atoms with van der Waals surface area (Å²) >= 11 is 0. The summed E-state index contributed by atoms with van der Waals surface area (Å²) in [6, 6.07) is 1.94. The highest BCUT2D eigenvalue weighted by Crippen LogP contribution is 2.29. The van der Waals surface area contributed by atoms with Crippen LogP contribution in [0.1, 0.15) is 48.5 Å². The SMILES string of the molecule is CC(NC(=O)c1cncc(C#CCCO)c1)C1CCC1. The summed E-state index contributed by atoms with van der Waals surface area (Å²) in [4.78, 5) is 16.2. The molecule has 0 aromatic carbocycles. The van der Waals surface area contributed by atoms with E-state index in [9.17, 15) is 4.79 Å². The van der Waals surface area contributed by atoms with E-state index >= 15 is 0 Å². The van der Waals surface area contributed by atoms with Crippen molar-refractivity contribution in [3.05, 3.63) is 29.6 Å². The highest BCUT2D eigenvalue weighted by atomic mass is 16.2. The van der Waals surface area contributed by atoms with Crippen molar-refractivity contribution in [1.29, 1.82) is 0 Å². The van der Waals surface area contributed by atoms with Gasteiger partial charge < -0.3 is 10.4 Å². The van der Waals surface area contributed by atoms with Crippen LogP contribution >= 0.6 is 0 Å². The first kappa shape index (κ1) is 14.5. The number of rotatable bonds is 4. The maximum atomic E-state index is 12.1. The number of aliphatic hydroxyl groups excluding tert-OH is 1. The van der Waals surface area contributed by atoms with E-state index in [1.807, 2.05) is 0 Å². The summed E-state index contributed by atoms with van der Waals surface area (Å²) < 4.78 is 0. The van der Waals surface area contributed by atoms with Crippen molar-refractivity contribution in [3.8, 4) is 11.8 Å². The Morgan fingerprint density at radius 3 is 3.00 bits per heavy atom. The molecule has 0 spiro atoms. The number of carbonyl (C=O) groups excluding carboxylic acids is 1. The van der Waals surface area contributed by atoms with E-state index in [1.165, 1.54) is 19.3 Å². The van der Waals surface area contributed by atoms with Gasteiger partial charge in [-0.1, -0.05) is 18.3 Å². The second-order valence-corrected chi connectivity index (χ2v) is 5.19. The highest BCUT2D eigenvalue weighted by Gasteiger charge is 2.25. The van der Waals surface area contributed by atoms with Gasteiger partial charge in [0, 0.05) is 30.4 Å². The molecule has 1 aromatic heterocycles. The number of nitrogens with zero attached hydrogens (tertiary/aromatic N) is 1. The molecule has 2 rings (SSSR count). The minimum absolute atomic E-state index is 0.0412. The molecule has 1 atom stereocenters. The average Bonchev–Trinajstić information content (AvgIpc) is 2.37. The van der Waals surface area contributed by atoms with Crippen LogP contribution in [0.5, 0.6) is 0 Å². The zero-order chi connectivity index (χ0) is 14.4. The Morgan fingerprint density at radius 2 is 2.35 bits per heavy atom. The standard InChI is InChI=1S/C16H20N2O2/c1-12(14-6-4-7-14)18-16(20)15-9-13(10-17-11-15)5-2-3-8-19/h9-12,14,19H,3-4,6-8H2,1H3,(H,18,20). The third-order valence-corrected chi connectivity index (χ3v) is 3.69. The Balaban J connectivity index is 1.99. The fourth-order valence-corrected chi connectivity index (χ4v) is 2.20. The quantitative estimate of drug-likeness (QED) is 0.821. The van der Waals surface area contributed by atoms with Gasteiger partial charge in [-0.05, 0) is 31.7 Å². The summed E-state index contributed by atoms with van der Waals surface area (Å²) in [5, 5.41) is 11.7. The fourth-order valence-electron chi connectivity index (χ4n) is 2.20. The van der Waals surface area contributed by atoms with Gasteiger partial charge in [-0.25, -0.2) is 0 Å². The molecule has 0 aliphatic heterocycles. The first-order valence-corrected chi connectivity index (χ1v) is 7.06. The van der Waals surface area contributed by atoms with Crippen molar-refractivity contribution < 1.29 is 9.90 Å². The molecular formula is C16H20N2O2. The Labute approximate surface area is 119 Å². The molecule has 1 fully saturated rings. The van der Waals surface area contributed by atoms with Gasteiger partial charge in [0.25, 0.3) is 5.91 Å². The third-order valence-electron chi connectivity index (χ3n) is 3.69. The zero-order valence-electron chi connectivity index (χ0n) is 11.7. The van der Waals surface area contributed by atoms with Crippen molar-refractivity contribution in [1.82, 2.24) is 10.3 Å². The molecule has 4 heteroatoms. The summed E-state index contributed by atoms with van der Waals surface area (Å²) in [7, 11) is 0. The second kappa shape index (κ2) is 7.06. The lowest BCUT2D eigenvalue weighted by molar-refractivity contribution is 0.0909. The van der Waals surface area contributed by atoms with Crippen molar-refractivity contribution in [2.75, 3.05) is 6.61 Å². The maximum Gasteiger partial charge on any atom is 0.253 e. The van der Waals surface area contributed by atoms with Crippen LogP contribution in [0, 0.1) is 17.8 Å². The second-order valence-electron chi connectivity index (χ2n) is 5.19. The van der Waals surface area contributed by atoms with Crippen molar-refractivity contribution in [2.24, 2.45) is 5.92 Å². The molecule has 4 nitrogen and oxygen atoms in total. The largest absolute Gasteiger partial charge is 0.395 e. The summed E-state index contributed by atoms with van der Waals surface area (Å²) in [5.41, 5.74) is 1.23. The first-order valence-electron chi connectivity index (χ1n) is 7.06. The monoisotopic (exact) mass is 272 g/mol. The van der Waals surface area contributed by atoms with Gasteiger partial charge in [-0.3, -0.25) is 9.78 Å². The predicted molar refractivity (Wildman–Crippen MR) is 77.1 cm³/mol. The summed E-state index contributed by atoms with van der Waals surface area (Å²) in [6.07, 6.45) is 7.27. The minimum Gasteiger partial charge on any atom is -0.395 e. The van der Waals surface area contributed by atoms with E-state index in [4.69, 9.17) is 5.11 Å². The zero-order valence-corrected chi connectivity index (χ0v) is 11.7. The molecule has 20 heavy (non-hydrogen) atoms. The lowest BCUT2D eigenvalue weighted by Gasteiger charge is -2.31. The van der Waals surface area contributed by atoms with E-state index in [-0.39, 0.29) is 18.6 Å². The van der Waals surface area contributed by atoms with Crippen LogP contribution in [0.15, 0.2) is 18.5 Å². The molecule has 106 valence electrons. The molecular weight excluding hydrogens is 252 g/mol. The summed E-state index contributed by atoms with van der Waals surface area (Å²) in [5.74, 6) is 6.23. The van der Waals surface area contributed by atoms with E-state index < -0.39 is 0 Å². The van der Waals surface area contributed by atoms with E-state index in [1.54, 1.807) is 18.5 Å². The molecule has 1 aliphatic rings. The van der Waals surface area contributed by atoms with Gasteiger partial charge in [0.2, 0.25) is 0 Å². The van der Waals surface area contributed by atoms with Crippen LogP contribution in [0.4, 0.5) is 0 Å². The van der Waals surface area contributed by atoms with Crippen molar-refractivity contribution in [2.45, 2.75) is 38.6 Å². The van der Waals surface area contributed by atoms with Crippen LogP contribution < -0.4 is 5.32 Å². The number of carbonyl (C=O) groups is 1. The van der Waals surface area contributed by atoms with Gasteiger partial charge >= 0.3 is 0 Å². The Kier molecular flexibility index (Phi) is 5.14. The van der Waals surface area contributed by atoms with Gasteiger partial charge in [-0.2, -0.15) is 0 Å². The number of aromatic nitrogens is 1. The number of aliphatic hydroxyl groups is 1. The van der Waals surface area contributed by atoms with Crippen LogP contribution in [0.25, 0.3) is 0 Å². The Bertz CT molecular complexity index is 527. The van der Waals surface area contributed by atoms with Gasteiger partial charge in [0.1, 0.15) is 0 Å². The molecule has 0 radical (unpaired) electrons. The van der Waals surface area contributed by atoms with Crippen LogP contribution in [-0.2, 0) is 0 Å². The smallest absolute Gasteiger partial charge is 0.253 e. The van der Waals surface area contributed by atoms with E-state index in [0.29, 0.717) is 23.5 Å². The average molecular weight is 272 g/mol. The topological polar surface area (TPSA) is 62.2 Å². The molecule has 1 amide bonds. The van der Waals surface area contributed by atoms with Crippen LogP contribution in [0.3, 0.4) is 0 Å². The first-order chi connectivity index (χ1) is 9.70. The fraction of sp³-hybridized carbons (Fsp3) is 0.500. The molecule has 1 unspecified atom stereocenters. The number of nitrogens with one attached hydrogen (secondary N) is 1. The third kappa shape index (κ3) is 3.82. The van der Waals surface area contributed by atoms with Gasteiger partial charge in [0.15, 0.2) is 0 Å². The molecule has 1 heterocycles. The van der Waals surface area contributed by atoms with Gasteiger partial charge in [-0.15, -0.1) is 0 Å². The molecule has 2 N–H and O–H groups in total. The number of pyridine rings is 1. The molecule has 1 aromatic rings. The van der Waals surface area contributed by atoms with Crippen LogP contribution in [0.2, 0.25) is 0 Å². The molecule has 0 saturated heterocycles. The molecule has 1 aliphatic carbocycles. The Hall–Kier alpha value is -1.86. The molecule has 1 saturated carbocycles. The Morgan fingerprint density at radius 1 is 1.55 bits per heavy atom. The highest BCUT2D eigenvalue weighted by molar-refractivity contribution is 5.94. The van der Waals surface area contributed by atoms with Gasteiger partial charge in [0.05, 0.1) is 12.2 Å². The van der Waals surface area contributed by atoms with E-state index in [2.05, 4.69) is 29.1 Å². The predicted octanol–water partition coefficient (Wildman–Crippen LogP) is 1.73. The minimum atomic E-state index is -0.0947. The summed E-state index contributed by atoms with van der Waals surface area (Å²) in [6.45, 7) is 2.10. The van der Waals surface area contributed by atoms with Crippen molar-refractivity contribution in [3.63, 3.8) is 0 Å². The lowest BCUT2D eigenvalue weighted by Crippen LogP contribution is -2.40.